The van der Waals surface area contributed by atoms with Gasteiger partial charge in [0.2, 0.25) is 11.0 Å². The van der Waals surface area contributed by atoms with Crippen LogP contribution in [-0.4, -0.2) is 25.9 Å². The minimum Gasteiger partial charge on any atom is -0.300 e. The van der Waals surface area contributed by atoms with E-state index in [-0.39, 0.29) is 12.3 Å². The summed E-state index contributed by atoms with van der Waals surface area (Å²) in [5.74, 6) is -0.0925. The van der Waals surface area contributed by atoms with Gasteiger partial charge in [-0.25, -0.2) is 4.68 Å². The van der Waals surface area contributed by atoms with Crippen molar-refractivity contribution < 1.29 is 4.79 Å². The zero-order valence-corrected chi connectivity index (χ0v) is 16.8. The van der Waals surface area contributed by atoms with Gasteiger partial charge in [-0.05, 0) is 32.4 Å². The molecule has 27 heavy (non-hydrogen) atoms. The number of hydrogen-bond donors (Lipinski definition) is 1. The summed E-state index contributed by atoms with van der Waals surface area (Å²) < 4.78 is 1.88. The van der Waals surface area contributed by atoms with Gasteiger partial charge in [0.15, 0.2) is 0 Å². The first-order chi connectivity index (χ1) is 13.1. The molecule has 0 bridgehead atoms. The summed E-state index contributed by atoms with van der Waals surface area (Å²) in [5.41, 5.74) is 3.78. The van der Waals surface area contributed by atoms with Crippen LogP contribution >= 0.6 is 11.3 Å². The van der Waals surface area contributed by atoms with Gasteiger partial charge in [-0.2, -0.15) is 5.10 Å². The van der Waals surface area contributed by atoms with Crippen LogP contribution in [0.3, 0.4) is 0 Å². The molecule has 0 spiro atoms. The predicted octanol–water partition coefficient (Wildman–Crippen LogP) is 4.25. The highest BCUT2D eigenvalue weighted by atomic mass is 32.1. The Kier molecular flexibility index (Phi) is 6.34. The van der Waals surface area contributed by atoms with Gasteiger partial charge in [-0.1, -0.05) is 49.3 Å². The van der Waals surface area contributed by atoms with Crippen molar-refractivity contribution in [3.63, 3.8) is 0 Å². The fourth-order valence-corrected chi connectivity index (χ4v) is 3.80. The molecule has 0 atom stereocenters. The SMILES string of the molecule is CCCCCc1nnc(NC(=O)Cc2c(C)nn(-c3ccccc3)c2C)s1. The molecule has 6 nitrogen and oxygen atoms in total. The molecule has 2 heterocycles. The molecule has 0 radical (unpaired) electrons. The number of carbonyl (C=O) groups is 1. The summed E-state index contributed by atoms with van der Waals surface area (Å²) in [4.78, 5) is 12.5. The van der Waals surface area contributed by atoms with E-state index in [1.807, 2.05) is 48.9 Å². The van der Waals surface area contributed by atoms with Gasteiger partial charge in [0.05, 0.1) is 17.8 Å². The van der Waals surface area contributed by atoms with E-state index in [1.54, 1.807) is 0 Å². The van der Waals surface area contributed by atoms with Crippen molar-refractivity contribution in [2.45, 2.75) is 52.9 Å². The lowest BCUT2D eigenvalue weighted by molar-refractivity contribution is -0.115. The first-order valence-corrected chi connectivity index (χ1v) is 10.1. The number of unbranched alkanes of at least 4 members (excludes halogenated alkanes) is 2. The van der Waals surface area contributed by atoms with Gasteiger partial charge in [-0.3, -0.25) is 4.79 Å². The van der Waals surface area contributed by atoms with Crippen molar-refractivity contribution in [1.29, 1.82) is 0 Å². The molecule has 0 saturated carbocycles. The molecule has 142 valence electrons. The molecule has 1 amide bonds. The Hall–Kier alpha value is -2.54. The number of hydrogen-bond acceptors (Lipinski definition) is 5. The van der Waals surface area contributed by atoms with E-state index in [0.29, 0.717) is 5.13 Å². The van der Waals surface area contributed by atoms with Crippen molar-refractivity contribution in [3.8, 4) is 5.69 Å². The molecule has 0 saturated heterocycles. The van der Waals surface area contributed by atoms with Crippen LogP contribution in [0.5, 0.6) is 0 Å². The maximum absolute atomic E-state index is 12.5. The Labute approximate surface area is 163 Å². The summed E-state index contributed by atoms with van der Waals surface area (Å²) >= 11 is 1.46. The Morgan fingerprint density at radius 3 is 2.67 bits per heavy atom. The third-order valence-electron chi connectivity index (χ3n) is 4.49. The maximum atomic E-state index is 12.5. The van der Waals surface area contributed by atoms with Crippen molar-refractivity contribution in [3.05, 3.63) is 52.3 Å². The first kappa shape index (κ1) is 19.2. The van der Waals surface area contributed by atoms with Gasteiger partial charge < -0.3 is 5.32 Å². The zero-order chi connectivity index (χ0) is 19.2. The number of nitrogens with one attached hydrogen (secondary N) is 1. The van der Waals surface area contributed by atoms with Crippen molar-refractivity contribution >= 4 is 22.4 Å². The highest BCUT2D eigenvalue weighted by Crippen LogP contribution is 2.21. The Morgan fingerprint density at radius 1 is 1.15 bits per heavy atom. The first-order valence-electron chi connectivity index (χ1n) is 9.31. The third kappa shape index (κ3) is 4.80. The quantitative estimate of drug-likeness (QED) is 0.590. The molecule has 0 fully saturated rings. The number of anilines is 1. The topological polar surface area (TPSA) is 72.7 Å². The van der Waals surface area contributed by atoms with Crippen molar-refractivity contribution in [1.82, 2.24) is 20.0 Å². The number of nitrogens with zero attached hydrogens (tertiary/aromatic N) is 4. The lowest BCUT2D eigenvalue weighted by Crippen LogP contribution is -2.15. The van der Waals surface area contributed by atoms with Crippen LogP contribution in [0.4, 0.5) is 5.13 Å². The number of carbonyl (C=O) groups excluding carboxylic acids is 1. The Bertz CT molecular complexity index is 900. The Morgan fingerprint density at radius 2 is 1.93 bits per heavy atom. The Balaban J connectivity index is 1.65. The molecule has 3 aromatic rings. The molecule has 1 aromatic carbocycles. The molecule has 0 aliphatic carbocycles. The van der Waals surface area contributed by atoms with E-state index in [1.165, 1.54) is 24.2 Å². The second-order valence-corrected chi connectivity index (χ2v) is 7.64. The van der Waals surface area contributed by atoms with Crippen LogP contribution in [0.1, 0.15) is 48.1 Å². The average Bonchev–Trinajstić information content (AvgIpc) is 3.22. The van der Waals surface area contributed by atoms with Crippen LogP contribution in [0.15, 0.2) is 30.3 Å². The van der Waals surface area contributed by atoms with Crippen LogP contribution in [-0.2, 0) is 17.6 Å². The molecule has 0 aliphatic rings. The highest BCUT2D eigenvalue weighted by Gasteiger charge is 2.17. The lowest BCUT2D eigenvalue weighted by Gasteiger charge is -2.05. The van der Waals surface area contributed by atoms with Gasteiger partial charge in [0.1, 0.15) is 5.01 Å². The number of rotatable bonds is 8. The summed E-state index contributed by atoms with van der Waals surface area (Å²) in [7, 11) is 0. The smallest absolute Gasteiger partial charge is 0.230 e. The number of aromatic nitrogens is 4. The number of aryl methyl sites for hydroxylation is 2. The van der Waals surface area contributed by atoms with Gasteiger partial charge in [0, 0.05) is 17.7 Å². The van der Waals surface area contributed by atoms with Crippen molar-refractivity contribution in [2.75, 3.05) is 5.32 Å². The summed E-state index contributed by atoms with van der Waals surface area (Å²) in [6.45, 7) is 6.11. The van der Waals surface area contributed by atoms with E-state index in [2.05, 4.69) is 27.5 Å². The molecular formula is C20H25N5OS. The number of para-hydroxylation sites is 1. The van der Waals surface area contributed by atoms with Gasteiger partial charge >= 0.3 is 0 Å². The van der Waals surface area contributed by atoms with E-state index in [9.17, 15) is 4.79 Å². The maximum Gasteiger partial charge on any atom is 0.230 e. The van der Waals surface area contributed by atoms with E-state index < -0.39 is 0 Å². The van der Waals surface area contributed by atoms with E-state index >= 15 is 0 Å². The second-order valence-electron chi connectivity index (χ2n) is 6.58. The lowest BCUT2D eigenvalue weighted by atomic mass is 10.1. The van der Waals surface area contributed by atoms with Crippen LogP contribution in [0.2, 0.25) is 0 Å². The zero-order valence-electron chi connectivity index (χ0n) is 16.0. The summed E-state index contributed by atoms with van der Waals surface area (Å²) in [5, 5.41) is 17.3. The largest absolute Gasteiger partial charge is 0.300 e. The molecule has 2 aromatic heterocycles. The van der Waals surface area contributed by atoms with Crippen LogP contribution in [0, 0.1) is 13.8 Å². The average molecular weight is 384 g/mol. The fraction of sp³-hybridized carbons (Fsp3) is 0.400. The van der Waals surface area contributed by atoms with Crippen LogP contribution in [0.25, 0.3) is 5.69 Å². The second kappa shape index (κ2) is 8.90. The molecule has 3 rings (SSSR count). The number of benzene rings is 1. The monoisotopic (exact) mass is 383 g/mol. The molecule has 1 N–H and O–H groups in total. The molecule has 7 heteroatoms. The van der Waals surface area contributed by atoms with Crippen LogP contribution < -0.4 is 5.32 Å². The van der Waals surface area contributed by atoms with E-state index in [0.717, 1.165) is 40.5 Å². The standard InChI is InChI=1S/C20H25N5OS/c1-4-5-7-12-19-22-23-20(27-19)21-18(26)13-17-14(2)24-25(15(17)3)16-10-8-6-9-11-16/h6,8-11H,4-5,7,12-13H2,1-3H3,(H,21,23,26). The fourth-order valence-electron chi connectivity index (χ4n) is 3.01. The molecule has 0 aliphatic heterocycles. The summed E-state index contributed by atoms with van der Waals surface area (Å²) in [6, 6.07) is 9.94. The van der Waals surface area contributed by atoms with Crippen molar-refractivity contribution in [2.24, 2.45) is 0 Å². The summed E-state index contributed by atoms with van der Waals surface area (Å²) in [6.07, 6.45) is 4.66. The predicted molar refractivity (Wildman–Crippen MR) is 109 cm³/mol. The third-order valence-corrected chi connectivity index (χ3v) is 5.39. The molecular weight excluding hydrogens is 358 g/mol. The van der Waals surface area contributed by atoms with Gasteiger partial charge in [0.25, 0.3) is 0 Å². The normalized spacial score (nSPS) is 10.9. The molecule has 0 unspecified atom stereocenters. The number of amides is 1. The minimum atomic E-state index is -0.0925. The highest BCUT2D eigenvalue weighted by molar-refractivity contribution is 7.15. The minimum absolute atomic E-state index is 0.0925. The van der Waals surface area contributed by atoms with E-state index in [4.69, 9.17) is 0 Å². The van der Waals surface area contributed by atoms with Gasteiger partial charge in [-0.15, -0.1) is 10.2 Å².